The average Bonchev–Trinajstić information content (AvgIpc) is 2.37. The minimum Gasteiger partial charge on any atom is -0.328 e. The fraction of sp³-hybridized carbons (Fsp3) is 1.00. The molecule has 0 atom stereocenters. The summed E-state index contributed by atoms with van der Waals surface area (Å²) in [5.74, 6) is 0. The summed E-state index contributed by atoms with van der Waals surface area (Å²) in [6.07, 6.45) is 4.65. The fourth-order valence-electron chi connectivity index (χ4n) is 2.38. The molecule has 0 spiro atoms. The van der Waals surface area contributed by atoms with Crippen LogP contribution in [0.15, 0.2) is 0 Å². The zero-order valence-electron chi connectivity index (χ0n) is 12.3. The topological polar surface area (TPSA) is 64.8 Å². The molecule has 0 radical (unpaired) electrons. The van der Waals surface area contributed by atoms with Crippen LogP contribution >= 0.6 is 7.60 Å². The van der Waals surface area contributed by atoms with Crippen molar-refractivity contribution in [2.45, 2.75) is 45.6 Å². The molecular weight excluding hydrogens is 263 g/mol. The van der Waals surface area contributed by atoms with Gasteiger partial charge in [0.15, 0.2) is 0 Å². The summed E-state index contributed by atoms with van der Waals surface area (Å²) in [6, 6.07) is 0.382. The van der Waals surface area contributed by atoms with Crippen LogP contribution in [0.25, 0.3) is 0 Å². The Morgan fingerprint density at radius 2 is 1.74 bits per heavy atom. The van der Waals surface area contributed by atoms with E-state index in [1.54, 1.807) is 0 Å². The van der Waals surface area contributed by atoms with Crippen molar-refractivity contribution in [3.8, 4) is 0 Å². The Labute approximate surface area is 117 Å². The molecule has 1 aliphatic heterocycles. The van der Waals surface area contributed by atoms with E-state index in [1.807, 2.05) is 13.8 Å². The lowest BCUT2D eigenvalue weighted by Gasteiger charge is -2.30. The van der Waals surface area contributed by atoms with Gasteiger partial charge in [0, 0.05) is 6.04 Å². The quantitative estimate of drug-likeness (QED) is 0.522. The molecule has 1 heterocycles. The minimum atomic E-state index is -2.84. The molecule has 0 aliphatic carbocycles. The lowest BCUT2D eigenvalue weighted by Crippen LogP contribution is -2.40. The van der Waals surface area contributed by atoms with Crippen molar-refractivity contribution in [1.29, 1.82) is 0 Å². The highest BCUT2D eigenvalue weighted by atomic mass is 31.2. The highest BCUT2D eigenvalue weighted by Gasteiger charge is 2.23. The molecule has 19 heavy (non-hydrogen) atoms. The van der Waals surface area contributed by atoms with Gasteiger partial charge in [0.2, 0.25) is 0 Å². The molecule has 0 aromatic heterocycles. The first-order valence-electron chi connectivity index (χ1n) is 7.45. The maximum absolute atomic E-state index is 12.2. The van der Waals surface area contributed by atoms with E-state index in [1.165, 1.54) is 0 Å². The van der Waals surface area contributed by atoms with Crippen molar-refractivity contribution < 1.29 is 13.6 Å². The van der Waals surface area contributed by atoms with Crippen LogP contribution < -0.4 is 5.73 Å². The summed E-state index contributed by atoms with van der Waals surface area (Å²) < 4.78 is 22.8. The summed E-state index contributed by atoms with van der Waals surface area (Å²) in [6.45, 7) is 7.84. The third kappa shape index (κ3) is 6.87. The number of likely N-dealkylation sites (tertiary alicyclic amines) is 1. The molecule has 5 nitrogen and oxygen atoms in total. The fourth-order valence-corrected chi connectivity index (χ4v) is 4.11. The second-order valence-electron chi connectivity index (χ2n) is 5.06. The number of unbranched alkanes of at least 4 members (excludes halogenated alkanes) is 1. The third-order valence-corrected chi connectivity index (χ3v) is 5.61. The van der Waals surface area contributed by atoms with Gasteiger partial charge in [0.05, 0.1) is 19.4 Å². The SMILES string of the molecule is CCOP(=O)(CCCCN1CCC(N)CC1)OCC. The van der Waals surface area contributed by atoms with E-state index in [9.17, 15) is 4.57 Å². The monoisotopic (exact) mass is 292 g/mol. The first-order chi connectivity index (χ1) is 9.09. The number of hydrogen-bond acceptors (Lipinski definition) is 5. The Hall–Kier alpha value is 0.0700. The van der Waals surface area contributed by atoms with Crippen molar-refractivity contribution in [2.75, 3.05) is 39.0 Å². The van der Waals surface area contributed by atoms with Gasteiger partial charge >= 0.3 is 7.60 Å². The Bertz CT molecular complexity index is 271. The van der Waals surface area contributed by atoms with Crippen LogP contribution in [0.5, 0.6) is 0 Å². The summed E-state index contributed by atoms with van der Waals surface area (Å²) in [4.78, 5) is 2.44. The minimum absolute atomic E-state index is 0.382. The molecular formula is C13H29N2O3P. The molecule has 0 aromatic rings. The lowest BCUT2D eigenvalue weighted by molar-refractivity contribution is 0.206. The van der Waals surface area contributed by atoms with Crippen molar-refractivity contribution >= 4 is 7.60 Å². The van der Waals surface area contributed by atoms with Gasteiger partial charge in [-0.2, -0.15) is 0 Å². The van der Waals surface area contributed by atoms with Crippen LogP contribution in [-0.4, -0.2) is 50.0 Å². The number of nitrogens with two attached hydrogens (primary N) is 1. The van der Waals surface area contributed by atoms with E-state index in [2.05, 4.69) is 4.90 Å². The molecule has 2 N–H and O–H groups in total. The molecule has 1 aliphatic rings. The van der Waals surface area contributed by atoms with Crippen LogP contribution in [0.3, 0.4) is 0 Å². The van der Waals surface area contributed by atoms with Crippen molar-refractivity contribution in [3.05, 3.63) is 0 Å². The van der Waals surface area contributed by atoms with Gasteiger partial charge in [-0.05, 0) is 59.2 Å². The highest BCUT2D eigenvalue weighted by Crippen LogP contribution is 2.48. The molecule has 1 fully saturated rings. The van der Waals surface area contributed by atoms with E-state index in [0.717, 1.165) is 45.3 Å². The predicted octanol–water partition coefficient (Wildman–Crippen LogP) is 2.46. The van der Waals surface area contributed by atoms with E-state index in [0.29, 0.717) is 25.4 Å². The van der Waals surface area contributed by atoms with Crippen LogP contribution in [0.2, 0.25) is 0 Å². The van der Waals surface area contributed by atoms with Crippen LogP contribution in [-0.2, 0) is 13.6 Å². The third-order valence-electron chi connectivity index (χ3n) is 3.44. The summed E-state index contributed by atoms with van der Waals surface area (Å²) in [5.41, 5.74) is 5.88. The van der Waals surface area contributed by atoms with E-state index < -0.39 is 7.60 Å². The van der Waals surface area contributed by atoms with E-state index in [4.69, 9.17) is 14.8 Å². The number of rotatable bonds is 9. The normalized spacial score (nSPS) is 18.9. The van der Waals surface area contributed by atoms with Gasteiger partial charge in [-0.3, -0.25) is 4.57 Å². The van der Waals surface area contributed by atoms with Crippen LogP contribution in [0.4, 0.5) is 0 Å². The Morgan fingerprint density at radius 3 is 2.26 bits per heavy atom. The Morgan fingerprint density at radius 1 is 1.16 bits per heavy atom. The maximum atomic E-state index is 12.2. The number of hydrogen-bond donors (Lipinski definition) is 1. The largest absolute Gasteiger partial charge is 0.330 e. The zero-order chi connectivity index (χ0) is 14.1. The molecule has 0 aromatic carbocycles. The molecule has 0 unspecified atom stereocenters. The smallest absolute Gasteiger partial charge is 0.328 e. The highest BCUT2D eigenvalue weighted by molar-refractivity contribution is 7.53. The molecule has 1 saturated heterocycles. The average molecular weight is 292 g/mol. The molecule has 0 saturated carbocycles. The standard InChI is InChI=1S/C13H29N2O3P/c1-3-17-19(16,18-4-2)12-6-5-9-15-10-7-13(14)8-11-15/h13H,3-12,14H2,1-2H3. The second-order valence-corrected chi connectivity index (χ2v) is 7.24. The first kappa shape index (κ1) is 17.1. The van der Waals surface area contributed by atoms with Crippen molar-refractivity contribution in [1.82, 2.24) is 4.90 Å². The van der Waals surface area contributed by atoms with Gasteiger partial charge in [-0.15, -0.1) is 0 Å². The van der Waals surface area contributed by atoms with Gasteiger partial charge in [-0.25, -0.2) is 0 Å². The van der Waals surface area contributed by atoms with Gasteiger partial charge in [-0.1, -0.05) is 0 Å². The molecule has 1 rings (SSSR count). The Kier molecular flexibility index (Phi) is 8.19. The van der Waals surface area contributed by atoms with Crippen molar-refractivity contribution in [3.63, 3.8) is 0 Å². The van der Waals surface area contributed by atoms with Gasteiger partial charge in [0.1, 0.15) is 0 Å². The summed E-state index contributed by atoms with van der Waals surface area (Å²) in [5, 5.41) is 0. The summed E-state index contributed by atoms with van der Waals surface area (Å²) >= 11 is 0. The zero-order valence-corrected chi connectivity index (χ0v) is 13.2. The van der Waals surface area contributed by atoms with E-state index in [-0.39, 0.29) is 0 Å². The summed E-state index contributed by atoms with van der Waals surface area (Å²) in [7, 11) is -2.84. The van der Waals surface area contributed by atoms with Gasteiger partial charge < -0.3 is 19.7 Å². The predicted molar refractivity (Wildman–Crippen MR) is 78.6 cm³/mol. The van der Waals surface area contributed by atoms with Crippen LogP contribution in [0, 0.1) is 0 Å². The first-order valence-corrected chi connectivity index (χ1v) is 9.18. The van der Waals surface area contributed by atoms with Crippen molar-refractivity contribution in [2.24, 2.45) is 5.73 Å². The molecule has 0 bridgehead atoms. The molecule has 114 valence electrons. The van der Waals surface area contributed by atoms with Gasteiger partial charge in [0.25, 0.3) is 0 Å². The molecule has 6 heteroatoms. The lowest BCUT2D eigenvalue weighted by atomic mass is 10.1. The van der Waals surface area contributed by atoms with E-state index >= 15 is 0 Å². The maximum Gasteiger partial charge on any atom is 0.330 e. The molecule has 0 amide bonds. The second kappa shape index (κ2) is 9.09. The van der Waals surface area contributed by atoms with Crippen LogP contribution in [0.1, 0.15) is 39.5 Å². The Balaban J connectivity index is 2.16. The number of nitrogens with zero attached hydrogens (tertiary/aromatic N) is 1. The number of piperidine rings is 1.